The lowest BCUT2D eigenvalue weighted by atomic mass is 10.1. The third-order valence-corrected chi connectivity index (χ3v) is 4.87. The van der Waals surface area contributed by atoms with Crippen LogP contribution in [0.1, 0.15) is 18.1 Å². The van der Waals surface area contributed by atoms with E-state index in [-0.39, 0.29) is 9.92 Å². The van der Waals surface area contributed by atoms with Crippen molar-refractivity contribution < 1.29 is 8.42 Å². The quantitative estimate of drug-likeness (QED) is 0.927. The molecule has 0 aromatic heterocycles. The fraction of sp³-hybridized carbons (Fsp3) is 0.200. The molecule has 0 aliphatic carbocycles. The van der Waals surface area contributed by atoms with Crippen LogP contribution in [0.2, 0.25) is 5.02 Å². The van der Waals surface area contributed by atoms with Crippen LogP contribution in [0.15, 0.2) is 47.4 Å². The molecule has 2 aromatic rings. The van der Waals surface area contributed by atoms with Crippen LogP contribution in [0.4, 0.5) is 5.69 Å². The molecule has 0 fully saturated rings. The van der Waals surface area contributed by atoms with Crippen molar-refractivity contribution in [3.8, 4) is 0 Å². The highest BCUT2D eigenvalue weighted by molar-refractivity contribution is 7.92. The molecule has 1 N–H and O–H groups in total. The van der Waals surface area contributed by atoms with Crippen molar-refractivity contribution in [2.45, 2.75) is 25.2 Å². The topological polar surface area (TPSA) is 46.2 Å². The Balaban J connectivity index is 2.41. The highest BCUT2D eigenvalue weighted by Crippen LogP contribution is 2.26. The van der Waals surface area contributed by atoms with E-state index < -0.39 is 10.0 Å². The Bertz CT molecular complexity index is 726. The second-order valence-corrected chi connectivity index (χ2v) is 6.61. The molecule has 0 unspecified atom stereocenters. The zero-order valence-corrected chi connectivity index (χ0v) is 12.9. The summed E-state index contributed by atoms with van der Waals surface area (Å²) in [4.78, 5) is 0.0932. The van der Waals surface area contributed by atoms with Gasteiger partial charge in [0.2, 0.25) is 0 Å². The second-order valence-electron chi connectivity index (χ2n) is 4.55. The molecule has 0 bridgehead atoms. The SMILES string of the molecule is CCc1ccccc1NS(=O)(=O)c1ccc(C)cc1Cl. The molecule has 0 saturated heterocycles. The number of aryl methyl sites for hydroxylation is 2. The number of rotatable bonds is 4. The zero-order chi connectivity index (χ0) is 14.8. The lowest BCUT2D eigenvalue weighted by molar-refractivity contribution is 0.601. The van der Waals surface area contributed by atoms with Crippen LogP contribution < -0.4 is 4.72 Å². The monoisotopic (exact) mass is 309 g/mol. The van der Waals surface area contributed by atoms with Crippen LogP contribution in [0.5, 0.6) is 0 Å². The highest BCUT2D eigenvalue weighted by atomic mass is 35.5. The van der Waals surface area contributed by atoms with Gasteiger partial charge in [0.1, 0.15) is 4.90 Å². The van der Waals surface area contributed by atoms with E-state index in [9.17, 15) is 8.42 Å². The summed E-state index contributed by atoms with van der Waals surface area (Å²) in [6, 6.07) is 12.2. The van der Waals surface area contributed by atoms with Crippen LogP contribution in [-0.4, -0.2) is 8.42 Å². The van der Waals surface area contributed by atoms with Gasteiger partial charge in [0.25, 0.3) is 10.0 Å². The van der Waals surface area contributed by atoms with Crippen molar-refractivity contribution in [1.29, 1.82) is 0 Å². The molecule has 106 valence electrons. The summed E-state index contributed by atoms with van der Waals surface area (Å²) in [6.07, 6.45) is 0.750. The maximum atomic E-state index is 12.4. The normalized spacial score (nSPS) is 11.3. The summed E-state index contributed by atoms with van der Waals surface area (Å²) in [6.45, 7) is 3.84. The van der Waals surface area contributed by atoms with Crippen molar-refractivity contribution in [2.75, 3.05) is 4.72 Å². The number of benzene rings is 2. The number of halogens is 1. The van der Waals surface area contributed by atoms with Gasteiger partial charge in [0.15, 0.2) is 0 Å². The Hall–Kier alpha value is -1.52. The van der Waals surface area contributed by atoms with E-state index in [1.165, 1.54) is 6.07 Å². The van der Waals surface area contributed by atoms with Gasteiger partial charge in [0, 0.05) is 0 Å². The maximum absolute atomic E-state index is 12.4. The number of para-hydroxylation sites is 1. The van der Waals surface area contributed by atoms with Gasteiger partial charge in [-0.3, -0.25) is 4.72 Å². The van der Waals surface area contributed by atoms with Gasteiger partial charge < -0.3 is 0 Å². The van der Waals surface area contributed by atoms with Crippen LogP contribution in [-0.2, 0) is 16.4 Å². The molecule has 0 amide bonds. The van der Waals surface area contributed by atoms with E-state index in [1.807, 2.05) is 26.0 Å². The van der Waals surface area contributed by atoms with Gasteiger partial charge in [-0.15, -0.1) is 0 Å². The predicted molar refractivity (Wildman–Crippen MR) is 82.8 cm³/mol. The van der Waals surface area contributed by atoms with Crippen molar-refractivity contribution in [3.63, 3.8) is 0 Å². The molecule has 0 saturated carbocycles. The highest BCUT2D eigenvalue weighted by Gasteiger charge is 2.18. The van der Waals surface area contributed by atoms with E-state index in [2.05, 4.69) is 4.72 Å². The lowest BCUT2D eigenvalue weighted by Gasteiger charge is -2.12. The predicted octanol–water partition coefficient (Wildman–Crippen LogP) is 4.01. The van der Waals surface area contributed by atoms with E-state index in [0.29, 0.717) is 5.69 Å². The first kappa shape index (κ1) is 14.9. The Morgan fingerprint density at radius 2 is 1.85 bits per heavy atom. The van der Waals surface area contributed by atoms with Gasteiger partial charge in [-0.25, -0.2) is 8.42 Å². The molecule has 2 rings (SSSR count). The molecule has 0 heterocycles. The standard InChI is InChI=1S/C15H16ClNO2S/c1-3-12-6-4-5-7-14(12)17-20(18,19)15-9-8-11(2)10-13(15)16/h4-10,17H,3H2,1-2H3. The minimum absolute atomic E-state index is 0.0932. The fourth-order valence-electron chi connectivity index (χ4n) is 1.95. The van der Waals surface area contributed by atoms with Crippen molar-refractivity contribution in [1.82, 2.24) is 0 Å². The molecule has 3 nitrogen and oxygen atoms in total. The minimum Gasteiger partial charge on any atom is -0.279 e. The summed E-state index contributed by atoms with van der Waals surface area (Å²) < 4.78 is 27.4. The first-order valence-electron chi connectivity index (χ1n) is 6.31. The summed E-state index contributed by atoms with van der Waals surface area (Å²) in [5.74, 6) is 0. The number of hydrogen-bond donors (Lipinski definition) is 1. The Morgan fingerprint density at radius 1 is 1.15 bits per heavy atom. The van der Waals surface area contributed by atoms with Crippen LogP contribution in [0.3, 0.4) is 0 Å². The molecule has 2 aromatic carbocycles. The van der Waals surface area contributed by atoms with E-state index in [0.717, 1.165) is 17.5 Å². The van der Waals surface area contributed by atoms with Gasteiger partial charge in [-0.05, 0) is 42.7 Å². The molecular formula is C15H16ClNO2S. The van der Waals surface area contributed by atoms with Crippen LogP contribution in [0, 0.1) is 6.92 Å². The second kappa shape index (κ2) is 5.85. The number of sulfonamides is 1. The molecule has 0 radical (unpaired) electrons. The minimum atomic E-state index is -3.68. The number of anilines is 1. The summed E-state index contributed by atoms with van der Waals surface area (Å²) >= 11 is 6.03. The van der Waals surface area contributed by atoms with Crippen molar-refractivity contribution >= 4 is 27.3 Å². The van der Waals surface area contributed by atoms with Gasteiger partial charge in [0.05, 0.1) is 10.7 Å². The summed E-state index contributed by atoms with van der Waals surface area (Å²) in [5, 5.41) is 0.228. The molecule has 0 atom stereocenters. The fourth-order valence-corrected chi connectivity index (χ4v) is 3.65. The van der Waals surface area contributed by atoms with Crippen LogP contribution in [0.25, 0.3) is 0 Å². The average molecular weight is 310 g/mol. The Kier molecular flexibility index (Phi) is 4.35. The molecule has 0 aliphatic heterocycles. The van der Waals surface area contributed by atoms with Gasteiger partial charge >= 0.3 is 0 Å². The van der Waals surface area contributed by atoms with E-state index >= 15 is 0 Å². The lowest BCUT2D eigenvalue weighted by Crippen LogP contribution is -2.14. The van der Waals surface area contributed by atoms with Crippen molar-refractivity contribution in [3.05, 3.63) is 58.6 Å². The summed E-state index contributed by atoms with van der Waals surface area (Å²) in [5.41, 5.74) is 2.45. The summed E-state index contributed by atoms with van der Waals surface area (Å²) in [7, 11) is -3.68. The molecule has 5 heteroatoms. The van der Waals surface area contributed by atoms with Crippen molar-refractivity contribution in [2.24, 2.45) is 0 Å². The largest absolute Gasteiger partial charge is 0.279 e. The maximum Gasteiger partial charge on any atom is 0.263 e. The molecule has 20 heavy (non-hydrogen) atoms. The van der Waals surface area contributed by atoms with Gasteiger partial charge in [-0.2, -0.15) is 0 Å². The van der Waals surface area contributed by atoms with Crippen LogP contribution >= 0.6 is 11.6 Å². The first-order chi connectivity index (χ1) is 9.44. The van der Waals surface area contributed by atoms with E-state index in [4.69, 9.17) is 11.6 Å². The zero-order valence-electron chi connectivity index (χ0n) is 11.4. The number of hydrogen-bond acceptors (Lipinski definition) is 2. The Labute approximate surface area is 124 Å². The molecule has 0 spiro atoms. The third-order valence-electron chi connectivity index (χ3n) is 3.02. The molecular weight excluding hydrogens is 294 g/mol. The smallest absolute Gasteiger partial charge is 0.263 e. The third kappa shape index (κ3) is 3.14. The first-order valence-corrected chi connectivity index (χ1v) is 8.17. The average Bonchev–Trinajstić information content (AvgIpc) is 2.38. The Morgan fingerprint density at radius 3 is 2.50 bits per heavy atom. The van der Waals surface area contributed by atoms with Gasteiger partial charge in [-0.1, -0.05) is 42.8 Å². The van der Waals surface area contributed by atoms with E-state index in [1.54, 1.807) is 24.3 Å². The number of nitrogens with one attached hydrogen (secondary N) is 1. The molecule has 0 aliphatic rings.